The van der Waals surface area contributed by atoms with Crippen molar-refractivity contribution < 1.29 is 9.47 Å². The highest BCUT2D eigenvalue weighted by molar-refractivity contribution is 4.92. The fourth-order valence-corrected chi connectivity index (χ4v) is 3.62. The van der Waals surface area contributed by atoms with Gasteiger partial charge in [0, 0.05) is 44.3 Å². The average molecular weight is 285 g/mol. The summed E-state index contributed by atoms with van der Waals surface area (Å²) in [6.07, 6.45) is 2.23. The van der Waals surface area contributed by atoms with Crippen LogP contribution in [0.3, 0.4) is 0 Å². The third kappa shape index (κ3) is 3.92. The molecule has 20 heavy (non-hydrogen) atoms. The number of ether oxygens (including phenoxy) is 2. The van der Waals surface area contributed by atoms with Crippen molar-refractivity contribution in [2.45, 2.75) is 44.8 Å². The monoisotopic (exact) mass is 285 g/mol. The second-order valence-electron chi connectivity index (χ2n) is 5.83. The van der Waals surface area contributed by atoms with Gasteiger partial charge in [-0.15, -0.1) is 0 Å². The highest BCUT2D eigenvalue weighted by Crippen LogP contribution is 2.19. The highest BCUT2D eigenvalue weighted by Gasteiger charge is 2.33. The van der Waals surface area contributed by atoms with E-state index < -0.39 is 0 Å². The molecular weight excluding hydrogens is 254 g/mol. The number of nitrogens with zero attached hydrogens (tertiary/aromatic N) is 2. The Balaban J connectivity index is 1.98. The van der Waals surface area contributed by atoms with Gasteiger partial charge in [-0.1, -0.05) is 13.8 Å². The van der Waals surface area contributed by atoms with Gasteiger partial charge in [-0.3, -0.25) is 9.80 Å². The lowest BCUT2D eigenvalue weighted by Gasteiger charge is -2.44. The zero-order chi connectivity index (χ0) is 14.4. The molecule has 0 spiro atoms. The maximum Gasteiger partial charge on any atom is 0.0594 e. The fourth-order valence-electron chi connectivity index (χ4n) is 3.62. The molecule has 2 rings (SSSR count). The summed E-state index contributed by atoms with van der Waals surface area (Å²) in [5, 5.41) is 0. The Morgan fingerprint density at radius 2 is 1.15 bits per heavy atom. The van der Waals surface area contributed by atoms with Crippen molar-refractivity contribution in [2.75, 3.05) is 52.6 Å². The van der Waals surface area contributed by atoms with Gasteiger partial charge < -0.3 is 15.2 Å². The van der Waals surface area contributed by atoms with Crippen molar-refractivity contribution in [3.63, 3.8) is 0 Å². The van der Waals surface area contributed by atoms with E-state index >= 15 is 0 Å². The Labute approximate surface area is 123 Å². The van der Waals surface area contributed by atoms with Gasteiger partial charge in [0.25, 0.3) is 0 Å². The zero-order valence-corrected chi connectivity index (χ0v) is 13.1. The van der Waals surface area contributed by atoms with Crippen LogP contribution in [0.4, 0.5) is 0 Å². The predicted octanol–water partition coefficient (Wildman–Crippen LogP) is 0.535. The maximum atomic E-state index is 6.68. The second-order valence-corrected chi connectivity index (χ2v) is 5.83. The number of rotatable bonds is 6. The van der Waals surface area contributed by atoms with Gasteiger partial charge in [0.1, 0.15) is 0 Å². The molecule has 2 aliphatic heterocycles. The Bertz CT molecular complexity index is 240. The van der Waals surface area contributed by atoms with Crippen molar-refractivity contribution in [2.24, 2.45) is 5.73 Å². The predicted molar refractivity (Wildman–Crippen MR) is 80.9 cm³/mol. The highest BCUT2D eigenvalue weighted by atomic mass is 16.5. The first-order valence-electron chi connectivity index (χ1n) is 8.17. The largest absolute Gasteiger partial charge is 0.379 e. The zero-order valence-electron chi connectivity index (χ0n) is 13.1. The Morgan fingerprint density at radius 1 is 0.800 bits per heavy atom. The summed E-state index contributed by atoms with van der Waals surface area (Å²) in [4.78, 5) is 5.05. The number of hydrogen-bond acceptors (Lipinski definition) is 5. The first kappa shape index (κ1) is 16.2. The molecule has 5 nitrogen and oxygen atoms in total. The van der Waals surface area contributed by atoms with Crippen molar-refractivity contribution in [3.05, 3.63) is 0 Å². The van der Waals surface area contributed by atoms with Gasteiger partial charge in [0.2, 0.25) is 0 Å². The molecule has 0 aromatic carbocycles. The quantitative estimate of drug-likeness (QED) is 0.772. The van der Waals surface area contributed by atoms with Gasteiger partial charge in [0.05, 0.1) is 26.4 Å². The maximum absolute atomic E-state index is 6.68. The van der Waals surface area contributed by atoms with Crippen LogP contribution in [0, 0.1) is 0 Å². The van der Waals surface area contributed by atoms with E-state index in [-0.39, 0.29) is 6.04 Å². The van der Waals surface area contributed by atoms with E-state index in [9.17, 15) is 0 Å². The van der Waals surface area contributed by atoms with E-state index in [4.69, 9.17) is 15.2 Å². The first-order valence-corrected chi connectivity index (χ1v) is 8.17. The molecule has 2 saturated heterocycles. The number of hydrogen-bond donors (Lipinski definition) is 1. The van der Waals surface area contributed by atoms with Crippen molar-refractivity contribution in [1.82, 2.24) is 9.80 Å². The van der Waals surface area contributed by atoms with Crippen LogP contribution in [0.2, 0.25) is 0 Å². The molecule has 2 heterocycles. The van der Waals surface area contributed by atoms with Crippen LogP contribution in [-0.2, 0) is 9.47 Å². The lowest BCUT2D eigenvalue weighted by molar-refractivity contribution is -0.0189. The van der Waals surface area contributed by atoms with Crippen LogP contribution in [0.5, 0.6) is 0 Å². The van der Waals surface area contributed by atoms with Gasteiger partial charge in [-0.25, -0.2) is 0 Å². The molecule has 2 atom stereocenters. The molecule has 2 unspecified atom stereocenters. The topological polar surface area (TPSA) is 51.0 Å². The summed E-state index contributed by atoms with van der Waals surface area (Å²) >= 11 is 0. The third-order valence-corrected chi connectivity index (χ3v) is 4.75. The molecule has 0 aromatic rings. The second kappa shape index (κ2) is 8.29. The van der Waals surface area contributed by atoms with Crippen LogP contribution in [0.1, 0.15) is 26.7 Å². The molecule has 0 aliphatic carbocycles. The van der Waals surface area contributed by atoms with Crippen LogP contribution in [-0.4, -0.2) is 80.5 Å². The van der Waals surface area contributed by atoms with Crippen molar-refractivity contribution in [3.8, 4) is 0 Å². The molecule has 0 amide bonds. The van der Waals surface area contributed by atoms with Gasteiger partial charge in [0.15, 0.2) is 0 Å². The third-order valence-electron chi connectivity index (χ3n) is 4.75. The molecule has 0 bridgehead atoms. The van der Waals surface area contributed by atoms with E-state index in [0.29, 0.717) is 12.1 Å². The van der Waals surface area contributed by atoms with Gasteiger partial charge in [-0.05, 0) is 12.8 Å². The van der Waals surface area contributed by atoms with Crippen LogP contribution in [0.25, 0.3) is 0 Å². The number of nitrogens with two attached hydrogens (primary N) is 1. The number of morpholine rings is 2. The molecule has 0 saturated carbocycles. The van der Waals surface area contributed by atoms with Gasteiger partial charge in [-0.2, -0.15) is 0 Å². The first-order chi connectivity index (χ1) is 9.77. The minimum atomic E-state index is 0.209. The lowest BCUT2D eigenvalue weighted by atomic mass is 9.93. The summed E-state index contributed by atoms with van der Waals surface area (Å²) in [7, 11) is 0. The molecule has 5 heteroatoms. The van der Waals surface area contributed by atoms with E-state index in [1.54, 1.807) is 0 Å². The molecule has 2 N–H and O–H groups in total. The summed E-state index contributed by atoms with van der Waals surface area (Å²) in [5.74, 6) is 0. The van der Waals surface area contributed by atoms with E-state index in [1.165, 1.54) is 0 Å². The summed E-state index contributed by atoms with van der Waals surface area (Å²) in [5.41, 5.74) is 6.68. The summed E-state index contributed by atoms with van der Waals surface area (Å²) in [6, 6.07) is 1.14. The summed E-state index contributed by atoms with van der Waals surface area (Å²) < 4.78 is 10.9. The molecule has 2 aliphatic rings. The molecular formula is C15H31N3O2. The van der Waals surface area contributed by atoms with E-state index in [0.717, 1.165) is 65.4 Å². The molecule has 0 aromatic heterocycles. The smallest absolute Gasteiger partial charge is 0.0594 e. The van der Waals surface area contributed by atoms with Crippen molar-refractivity contribution in [1.29, 1.82) is 0 Å². The SMILES string of the molecule is CCC(C(N)C(CC)N1CCOCC1)N1CCOCC1. The lowest BCUT2D eigenvalue weighted by Crippen LogP contribution is -2.61. The standard InChI is InChI=1S/C15H31N3O2/c1-3-13(17-5-9-19-10-6-17)15(16)14(4-2)18-7-11-20-12-8-18/h13-15H,3-12,16H2,1-2H3. The van der Waals surface area contributed by atoms with Crippen LogP contribution < -0.4 is 5.73 Å². The Hall–Kier alpha value is -0.200. The van der Waals surface area contributed by atoms with E-state index in [2.05, 4.69) is 23.6 Å². The Morgan fingerprint density at radius 3 is 1.45 bits per heavy atom. The van der Waals surface area contributed by atoms with Crippen LogP contribution in [0.15, 0.2) is 0 Å². The summed E-state index contributed by atoms with van der Waals surface area (Å²) in [6.45, 7) is 12.0. The fraction of sp³-hybridized carbons (Fsp3) is 1.00. The van der Waals surface area contributed by atoms with Crippen molar-refractivity contribution >= 4 is 0 Å². The molecule has 118 valence electrons. The van der Waals surface area contributed by atoms with Crippen LogP contribution >= 0.6 is 0 Å². The van der Waals surface area contributed by atoms with E-state index in [1.807, 2.05) is 0 Å². The normalized spacial score (nSPS) is 27.1. The minimum Gasteiger partial charge on any atom is -0.379 e. The molecule has 0 radical (unpaired) electrons. The Kier molecular flexibility index (Phi) is 6.71. The van der Waals surface area contributed by atoms with Gasteiger partial charge >= 0.3 is 0 Å². The minimum absolute atomic E-state index is 0.209. The molecule has 2 fully saturated rings. The average Bonchev–Trinajstić information content (AvgIpc) is 2.51.